The van der Waals surface area contributed by atoms with Crippen molar-refractivity contribution in [1.82, 2.24) is 9.78 Å². The molecule has 0 aliphatic rings. The van der Waals surface area contributed by atoms with Crippen LogP contribution in [0.15, 0.2) is 22.7 Å². The fraction of sp³-hybridized carbons (Fsp3) is 0.400. The highest BCUT2D eigenvalue weighted by Crippen LogP contribution is 2.28. The van der Waals surface area contributed by atoms with Crippen molar-refractivity contribution in [3.8, 4) is 5.75 Å². The molecule has 0 saturated heterocycles. The van der Waals surface area contributed by atoms with E-state index in [4.69, 9.17) is 4.74 Å². The first-order valence-corrected chi connectivity index (χ1v) is 7.55. The Labute approximate surface area is 131 Å². The van der Waals surface area contributed by atoms with Crippen molar-refractivity contribution in [1.29, 1.82) is 0 Å². The highest BCUT2D eigenvalue weighted by atomic mass is 79.9. The zero-order valence-electron chi connectivity index (χ0n) is 12.2. The summed E-state index contributed by atoms with van der Waals surface area (Å²) in [5.41, 5.74) is 2.33. The lowest BCUT2D eigenvalue weighted by molar-refractivity contribution is 0.189. The van der Waals surface area contributed by atoms with E-state index in [0.717, 1.165) is 22.4 Å². The largest absolute Gasteiger partial charge is 0.487 e. The number of aliphatic hydroxyl groups excluding tert-OH is 1. The molecule has 1 aromatic heterocycles. The lowest BCUT2D eigenvalue weighted by Gasteiger charge is -2.14. The van der Waals surface area contributed by atoms with E-state index in [-0.39, 0.29) is 6.61 Å². The maximum absolute atomic E-state index is 13.4. The summed E-state index contributed by atoms with van der Waals surface area (Å²) in [5, 5.41) is 14.1. The number of rotatable bonds is 5. The molecule has 0 amide bonds. The van der Waals surface area contributed by atoms with Crippen LogP contribution in [0.25, 0.3) is 0 Å². The highest BCUT2D eigenvalue weighted by Gasteiger charge is 2.15. The quantitative estimate of drug-likeness (QED) is 0.887. The Hall–Kier alpha value is -1.40. The maximum Gasteiger partial charge on any atom is 0.131 e. The Morgan fingerprint density at radius 2 is 2.19 bits per heavy atom. The summed E-state index contributed by atoms with van der Waals surface area (Å²) in [6, 6.07) is 4.13. The molecule has 0 bridgehead atoms. The molecule has 0 fully saturated rings. The predicted octanol–water partition coefficient (Wildman–Crippen LogP) is 3.75. The fourth-order valence-corrected chi connectivity index (χ4v) is 2.53. The van der Waals surface area contributed by atoms with Gasteiger partial charge in [-0.25, -0.2) is 4.39 Å². The molecule has 6 heteroatoms. The Balaban J connectivity index is 2.26. The first-order valence-electron chi connectivity index (χ1n) is 6.76. The van der Waals surface area contributed by atoms with E-state index in [1.807, 2.05) is 18.5 Å². The van der Waals surface area contributed by atoms with E-state index in [2.05, 4.69) is 21.0 Å². The lowest BCUT2D eigenvalue weighted by atomic mass is 10.1. The van der Waals surface area contributed by atoms with Gasteiger partial charge in [0.25, 0.3) is 0 Å². The molecule has 21 heavy (non-hydrogen) atoms. The number of aromatic nitrogens is 2. The molecule has 1 atom stereocenters. The molecule has 4 nitrogen and oxygen atoms in total. The third-order valence-electron chi connectivity index (χ3n) is 3.24. The number of ether oxygens (including phenoxy) is 1. The number of nitrogens with zero attached hydrogens (tertiary/aromatic N) is 2. The second kappa shape index (κ2) is 6.58. The molecular weight excluding hydrogens is 339 g/mol. The van der Waals surface area contributed by atoms with E-state index < -0.39 is 11.9 Å². The van der Waals surface area contributed by atoms with Crippen LogP contribution >= 0.6 is 15.9 Å². The van der Waals surface area contributed by atoms with Gasteiger partial charge >= 0.3 is 0 Å². The molecule has 0 spiro atoms. The van der Waals surface area contributed by atoms with Crippen LogP contribution in [0.2, 0.25) is 0 Å². The summed E-state index contributed by atoms with van der Waals surface area (Å²) in [7, 11) is 0. The molecule has 0 aliphatic carbocycles. The zero-order valence-corrected chi connectivity index (χ0v) is 13.8. The topological polar surface area (TPSA) is 47.3 Å². The Morgan fingerprint density at radius 3 is 2.81 bits per heavy atom. The predicted molar refractivity (Wildman–Crippen MR) is 81.7 cm³/mol. The van der Waals surface area contributed by atoms with Crippen LogP contribution in [-0.4, -0.2) is 14.9 Å². The van der Waals surface area contributed by atoms with Crippen LogP contribution < -0.4 is 4.74 Å². The Bertz CT molecular complexity index is 641. The minimum atomic E-state index is -0.720. The van der Waals surface area contributed by atoms with Crippen LogP contribution in [0.1, 0.15) is 36.9 Å². The van der Waals surface area contributed by atoms with Gasteiger partial charge in [-0.3, -0.25) is 4.68 Å². The van der Waals surface area contributed by atoms with Gasteiger partial charge in [-0.15, -0.1) is 0 Å². The number of aliphatic hydroxyl groups is 1. The number of benzene rings is 1. The van der Waals surface area contributed by atoms with Gasteiger partial charge in [-0.1, -0.05) is 0 Å². The van der Waals surface area contributed by atoms with Gasteiger partial charge in [0.1, 0.15) is 18.2 Å². The zero-order chi connectivity index (χ0) is 15.6. The average molecular weight is 357 g/mol. The van der Waals surface area contributed by atoms with E-state index in [1.54, 1.807) is 6.92 Å². The standard InChI is InChI=1S/C15H18BrFN2O2/c1-4-19-13(15(16)9(2)18-19)8-21-14-7-11(17)5-6-12(14)10(3)20/h5-7,10,20H,4,8H2,1-3H3/t10-/m0/s1. The molecule has 2 rings (SSSR count). The van der Waals surface area contributed by atoms with Gasteiger partial charge in [0.15, 0.2) is 0 Å². The maximum atomic E-state index is 13.4. The van der Waals surface area contributed by atoms with Gasteiger partial charge in [0, 0.05) is 18.2 Å². The second-order valence-corrected chi connectivity index (χ2v) is 5.60. The van der Waals surface area contributed by atoms with Crippen LogP contribution in [0, 0.1) is 12.7 Å². The molecule has 2 aromatic rings. The number of hydrogen-bond donors (Lipinski definition) is 1. The van der Waals surface area contributed by atoms with Gasteiger partial charge in [0.05, 0.1) is 22.0 Å². The van der Waals surface area contributed by atoms with Crippen LogP contribution in [0.5, 0.6) is 5.75 Å². The van der Waals surface area contributed by atoms with Crippen molar-refractivity contribution in [2.45, 2.75) is 40.0 Å². The third-order valence-corrected chi connectivity index (χ3v) is 4.27. The Kier molecular flexibility index (Phi) is 5.00. The normalized spacial score (nSPS) is 12.5. The summed E-state index contributed by atoms with van der Waals surface area (Å²) in [6.45, 7) is 6.49. The first kappa shape index (κ1) is 16.0. The van der Waals surface area contributed by atoms with E-state index >= 15 is 0 Å². The van der Waals surface area contributed by atoms with E-state index in [9.17, 15) is 9.50 Å². The SMILES string of the molecule is CCn1nc(C)c(Br)c1COc1cc(F)ccc1[C@H](C)O. The van der Waals surface area contributed by atoms with E-state index in [0.29, 0.717) is 11.3 Å². The molecule has 0 radical (unpaired) electrons. The number of aryl methyl sites for hydroxylation is 2. The number of hydrogen-bond acceptors (Lipinski definition) is 3. The molecule has 1 N–H and O–H groups in total. The van der Waals surface area contributed by atoms with Crippen molar-refractivity contribution in [2.24, 2.45) is 0 Å². The summed E-state index contributed by atoms with van der Waals surface area (Å²) in [4.78, 5) is 0. The smallest absolute Gasteiger partial charge is 0.131 e. The van der Waals surface area contributed by atoms with Gasteiger partial charge in [0.2, 0.25) is 0 Å². The molecule has 1 aromatic carbocycles. The van der Waals surface area contributed by atoms with Crippen LogP contribution in [-0.2, 0) is 13.2 Å². The summed E-state index contributed by atoms with van der Waals surface area (Å²) >= 11 is 3.49. The summed E-state index contributed by atoms with van der Waals surface area (Å²) < 4.78 is 21.8. The van der Waals surface area contributed by atoms with Crippen LogP contribution in [0.3, 0.4) is 0 Å². The van der Waals surface area contributed by atoms with Gasteiger partial charge in [-0.2, -0.15) is 5.10 Å². The van der Waals surface area contributed by atoms with Crippen molar-refractivity contribution < 1.29 is 14.2 Å². The molecule has 0 saturated carbocycles. The highest BCUT2D eigenvalue weighted by molar-refractivity contribution is 9.10. The van der Waals surface area contributed by atoms with Gasteiger partial charge < -0.3 is 9.84 Å². The minimum Gasteiger partial charge on any atom is -0.487 e. The molecular formula is C15H18BrFN2O2. The monoisotopic (exact) mass is 356 g/mol. The average Bonchev–Trinajstić information content (AvgIpc) is 2.71. The van der Waals surface area contributed by atoms with Crippen molar-refractivity contribution in [2.75, 3.05) is 0 Å². The second-order valence-electron chi connectivity index (χ2n) is 4.81. The lowest BCUT2D eigenvalue weighted by Crippen LogP contribution is -2.08. The van der Waals surface area contributed by atoms with E-state index in [1.165, 1.54) is 18.2 Å². The number of halogens is 2. The summed E-state index contributed by atoms with van der Waals surface area (Å²) in [5.74, 6) is -0.0490. The van der Waals surface area contributed by atoms with Crippen molar-refractivity contribution >= 4 is 15.9 Å². The minimum absolute atomic E-state index is 0.248. The van der Waals surface area contributed by atoms with Crippen LogP contribution in [0.4, 0.5) is 4.39 Å². The molecule has 114 valence electrons. The molecule has 0 unspecified atom stereocenters. The fourth-order valence-electron chi connectivity index (χ4n) is 2.13. The molecule has 0 aliphatic heterocycles. The third kappa shape index (κ3) is 3.44. The van der Waals surface area contributed by atoms with Crippen molar-refractivity contribution in [3.05, 3.63) is 45.4 Å². The van der Waals surface area contributed by atoms with Crippen molar-refractivity contribution in [3.63, 3.8) is 0 Å². The Morgan fingerprint density at radius 1 is 1.48 bits per heavy atom. The van der Waals surface area contributed by atoms with Gasteiger partial charge in [-0.05, 0) is 48.8 Å². The molecule has 1 heterocycles. The first-order chi connectivity index (χ1) is 9.93. The summed E-state index contributed by atoms with van der Waals surface area (Å²) in [6.07, 6.45) is -0.720.